The number of benzene rings is 1. The Morgan fingerprint density at radius 3 is 2.21 bits per heavy atom. The number of anilines is 1. The van der Waals surface area contributed by atoms with Crippen LogP contribution in [-0.2, 0) is 14.6 Å². The molecule has 1 aromatic rings. The number of halogens is 2. The van der Waals surface area contributed by atoms with Crippen LogP contribution in [0.3, 0.4) is 0 Å². The largest absolute Gasteiger partial charge is 0.341 e. The van der Waals surface area contributed by atoms with Gasteiger partial charge in [0.05, 0.1) is 4.90 Å². The van der Waals surface area contributed by atoms with Crippen molar-refractivity contribution >= 4 is 21.4 Å². The third kappa shape index (κ3) is 3.73. The Bertz CT molecular complexity index is 541. The Hall–Kier alpha value is -1.50. The first kappa shape index (κ1) is 15.6. The first-order valence-corrected chi connectivity index (χ1v) is 7.26. The second-order valence-corrected chi connectivity index (χ2v) is 6.05. The highest BCUT2D eigenvalue weighted by Gasteiger charge is 2.26. The maximum Gasteiger partial charge on any atom is 0.341 e. The van der Waals surface area contributed by atoms with Gasteiger partial charge in [-0.05, 0) is 30.7 Å². The zero-order valence-corrected chi connectivity index (χ0v) is 11.4. The predicted molar refractivity (Wildman–Crippen MR) is 67.7 cm³/mol. The normalized spacial score (nSPS) is 13.3. The zero-order valence-electron chi connectivity index (χ0n) is 10.6. The number of rotatable bonds is 5. The number of sulfone groups is 1. The molecular weight excluding hydrogens is 276 g/mol. The van der Waals surface area contributed by atoms with Crippen molar-refractivity contribution < 1.29 is 22.0 Å². The Balaban J connectivity index is 2.86. The van der Waals surface area contributed by atoms with Crippen LogP contribution in [0.5, 0.6) is 0 Å². The van der Waals surface area contributed by atoms with Gasteiger partial charge in [0.15, 0.2) is 0 Å². The van der Waals surface area contributed by atoms with Crippen LogP contribution in [0.15, 0.2) is 29.2 Å². The number of hydrogen-bond acceptors (Lipinski definition) is 3. The number of nitrogens with one attached hydrogen (secondary N) is 1. The summed E-state index contributed by atoms with van der Waals surface area (Å²) in [7, 11) is -4.59. The number of carbonyl (C=O) groups excluding carboxylic acids is 1. The molecule has 1 amide bonds. The highest BCUT2D eigenvalue weighted by Crippen LogP contribution is 2.20. The van der Waals surface area contributed by atoms with Crippen LogP contribution < -0.4 is 5.32 Å². The Kier molecular flexibility index (Phi) is 4.99. The molecule has 0 aliphatic rings. The molecule has 0 saturated heterocycles. The number of alkyl halides is 2. The topological polar surface area (TPSA) is 63.2 Å². The molecule has 4 nitrogen and oxygen atoms in total. The molecule has 0 spiro atoms. The van der Waals surface area contributed by atoms with Crippen LogP contribution in [-0.4, -0.2) is 20.1 Å². The van der Waals surface area contributed by atoms with Gasteiger partial charge in [-0.1, -0.05) is 13.8 Å². The lowest BCUT2D eigenvalue weighted by Gasteiger charge is -2.10. The van der Waals surface area contributed by atoms with E-state index in [0.29, 0.717) is 12.1 Å². The lowest BCUT2D eigenvalue weighted by molar-refractivity contribution is -0.119. The summed E-state index contributed by atoms with van der Waals surface area (Å²) in [5, 5.41) is 2.58. The Morgan fingerprint density at radius 2 is 1.79 bits per heavy atom. The average Bonchev–Trinajstić information content (AvgIpc) is 2.38. The highest BCUT2D eigenvalue weighted by molar-refractivity contribution is 7.91. The van der Waals surface area contributed by atoms with Crippen molar-refractivity contribution in [2.24, 2.45) is 5.92 Å². The second-order valence-electron chi connectivity index (χ2n) is 4.13. The van der Waals surface area contributed by atoms with E-state index < -0.39 is 20.5 Å². The molecule has 0 heterocycles. The van der Waals surface area contributed by atoms with Gasteiger partial charge in [-0.15, -0.1) is 0 Å². The zero-order chi connectivity index (χ0) is 14.6. The summed E-state index contributed by atoms with van der Waals surface area (Å²) < 4.78 is 47.0. The van der Waals surface area contributed by atoms with Crippen molar-refractivity contribution in [2.75, 3.05) is 5.32 Å². The minimum atomic E-state index is -4.59. The van der Waals surface area contributed by atoms with Gasteiger partial charge in [-0.25, -0.2) is 8.42 Å². The van der Waals surface area contributed by atoms with Gasteiger partial charge in [0.25, 0.3) is 0 Å². The van der Waals surface area contributed by atoms with E-state index in [2.05, 4.69) is 5.32 Å². The monoisotopic (exact) mass is 291 g/mol. The van der Waals surface area contributed by atoms with Crippen LogP contribution in [0.2, 0.25) is 0 Å². The molecule has 0 fully saturated rings. The summed E-state index contributed by atoms with van der Waals surface area (Å²) in [5.74, 6) is -3.83. The molecule has 1 atom stereocenters. The summed E-state index contributed by atoms with van der Waals surface area (Å²) in [4.78, 5) is 11.1. The molecule has 1 aromatic carbocycles. The minimum absolute atomic E-state index is 0.176. The molecule has 0 unspecified atom stereocenters. The minimum Gasteiger partial charge on any atom is -0.326 e. The fraction of sp³-hybridized carbons (Fsp3) is 0.417. The summed E-state index contributed by atoms with van der Waals surface area (Å²) in [6.45, 7) is 3.62. The molecule has 0 aliphatic heterocycles. The van der Waals surface area contributed by atoms with Crippen LogP contribution in [0.25, 0.3) is 0 Å². The van der Waals surface area contributed by atoms with Crippen LogP contribution in [0.1, 0.15) is 20.3 Å². The predicted octanol–water partition coefficient (Wildman–Crippen LogP) is 2.67. The molecule has 0 bridgehead atoms. The van der Waals surface area contributed by atoms with Gasteiger partial charge >= 0.3 is 5.76 Å². The van der Waals surface area contributed by atoms with Gasteiger partial charge in [0.2, 0.25) is 15.7 Å². The van der Waals surface area contributed by atoms with E-state index in [9.17, 15) is 22.0 Å². The number of hydrogen-bond donors (Lipinski definition) is 1. The van der Waals surface area contributed by atoms with Crippen molar-refractivity contribution in [3.63, 3.8) is 0 Å². The molecule has 0 aromatic heterocycles. The van der Waals surface area contributed by atoms with Crippen molar-refractivity contribution in [3.05, 3.63) is 24.3 Å². The quantitative estimate of drug-likeness (QED) is 0.907. The molecule has 19 heavy (non-hydrogen) atoms. The average molecular weight is 291 g/mol. The third-order valence-corrected chi connectivity index (χ3v) is 4.14. The van der Waals surface area contributed by atoms with Crippen molar-refractivity contribution in [3.8, 4) is 0 Å². The van der Waals surface area contributed by atoms with Crippen molar-refractivity contribution in [1.29, 1.82) is 0 Å². The molecule has 7 heteroatoms. The third-order valence-electron chi connectivity index (χ3n) is 2.74. The maximum absolute atomic E-state index is 12.3. The summed E-state index contributed by atoms with van der Waals surface area (Å²) in [5.41, 5.74) is 0.374. The van der Waals surface area contributed by atoms with Crippen LogP contribution in [0.4, 0.5) is 14.5 Å². The van der Waals surface area contributed by atoms with Crippen molar-refractivity contribution in [2.45, 2.75) is 30.9 Å². The van der Waals surface area contributed by atoms with Gasteiger partial charge < -0.3 is 5.32 Å². The maximum atomic E-state index is 12.3. The van der Waals surface area contributed by atoms with Crippen molar-refractivity contribution in [1.82, 2.24) is 0 Å². The molecule has 106 valence electrons. The van der Waals surface area contributed by atoms with E-state index in [4.69, 9.17) is 0 Å². The first-order chi connectivity index (χ1) is 8.78. The molecular formula is C12H15F2NO3S. The van der Waals surface area contributed by atoms with E-state index >= 15 is 0 Å². The molecule has 1 N–H and O–H groups in total. The molecule has 0 aliphatic carbocycles. The van der Waals surface area contributed by atoms with E-state index in [1.165, 1.54) is 12.1 Å². The first-order valence-electron chi connectivity index (χ1n) is 5.72. The molecule has 0 radical (unpaired) electrons. The van der Waals surface area contributed by atoms with Crippen LogP contribution >= 0.6 is 0 Å². The Morgan fingerprint density at radius 1 is 1.26 bits per heavy atom. The lowest BCUT2D eigenvalue weighted by Crippen LogP contribution is -2.19. The van der Waals surface area contributed by atoms with E-state index in [0.717, 1.165) is 12.1 Å². The molecule has 1 rings (SSSR count). The summed E-state index contributed by atoms with van der Waals surface area (Å²) in [6.07, 6.45) is 0.670. The lowest BCUT2D eigenvalue weighted by atomic mass is 10.1. The van der Waals surface area contributed by atoms with Gasteiger partial charge in [-0.3, -0.25) is 4.79 Å². The molecule has 0 saturated carbocycles. The van der Waals surface area contributed by atoms with E-state index in [1.807, 2.05) is 6.92 Å². The van der Waals surface area contributed by atoms with Gasteiger partial charge in [-0.2, -0.15) is 8.78 Å². The number of carbonyl (C=O) groups is 1. The van der Waals surface area contributed by atoms with Gasteiger partial charge in [0.1, 0.15) is 0 Å². The standard InChI is InChI=1S/C12H15F2NO3S/c1-3-8(2)11(16)15-9-4-6-10(7-5-9)19(17,18)12(13)14/h4-8,12H,3H2,1-2H3,(H,15,16)/t8-/m1/s1. The number of amides is 1. The summed E-state index contributed by atoms with van der Waals surface area (Å²) in [6, 6.07) is 4.67. The van der Waals surface area contributed by atoms with E-state index in [-0.39, 0.29) is 11.8 Å². The Labute approximate surface area is 110 Å². The van der Waals surface area contributed by atoms with Crippen LogP contribution in [0, 0.1) is 5.92 Å². The van der Waals surface area contributed by atoms with Gasteiger partial charge in [0, 0.05) is 11.6 Å². The van der Waals surface area contributed by atoms with E-state index in [1.54, 1.807) is 6.92 Å². The smallest absolute Gasteiger partial charge is 0.326 e. The second kappa shape index (κ2) is 6.10. The highest BCUT2D eigenvalue weighted by atomic mass is 32.2. The fourth-order valence-electron chi connectivity index (χ4n) is 1.28. The SMILES string of the molecule is CC[C@@H](C)C(=O)Nc1ccc(S(=O)(=O)C(F)F)cc1. The summed E-state index contributed by atoms with van der Waals surface area (Å²) >= 11 is 0. The fourth-order valence-corrected chi connectivity index (χ4v) is 2.00.